The maximum absolute atomic E-state index is 13.3. The topological polar surface area (TPSA) is 123 Å². The molecular weight excluding hydrogens is 402 g/mol. The van der Waals surface area contributed by atoms with Crippen LogP contribution in [-0.4, -0.2) is 69.2 Å². The number of ether oxygens (including phenoxy) is 1. The summed E-state index contributed by atoms with van der Waals surface area (Å²) in [5.74, 6) is -2.85. The number of Topliss-reactive ketones (excluding diaryl/α,β-unsaturated/α-hetero) is 1. The quantitative estimate of drug-likeness (QED) is 0.533. The average molecular weight is 427 g/mol. The van der Waals surface area contributed by atoms with Crippen LogP contribution in [0.1, 0.15) is 37.0 Å². The molecule has 3 rings (SSSR count). The minimum absolute atomic E-state index is 0.0516. The van der Waals surface area contributed by atoms with E-state index >= 15 is 0 Å². The molecule has 10 heteroatoms. The summed E-state index contributed by atoms with van der Waals surface area (Å²) in [6, 6.07) is 6.98. The minimum atomic E-state index is -1.02. The van der Waals surface area contributed by atoms with E-state index in [1.807, 2.05) is 6.92 Å². The smallest absolute Gasteiger partial charge is 0.396 e. The predicted molar refractivity (Wildman–Crippen MR) is 109 cm³/mol. The van der Waals surface area contributed by atoms with Crippen LogP contribution in [-0.2, 0) is 19.1 Å². The SMILES string of the molecule is CCOC(=O)C(=O)NCC(=O)C1CCC(C)N(C(=O)c2ccccc2-n2nccn2)C1. The molecule has 1 fully saturated rings. The van der Waals surface area contributed by atoms with Crippen LogP contribution in [0, 0.1) is 5.92 Å². The fourth-order valence-corrected chi connectivity index (χ4v) is 3.56. The number of piperidine rings is 1. The molecule has 2 aromatic rings. The van der Waals surface area contributed by atoms with E-state index in [-0.39, 0.29) is 37.4 Å². The van der Waals surface area contributed by atoms with Crippen LogP contribution in [0.4, 0.5) is 0 Å². The van der Waals surface area contributed by atoms with Gasteiger partial charge in [0.05, 0.1) is 36.8 Å². The number of rotatable bonds is 6. The third-order valence-electron chi connectivity index (χ3n) is 5.25. The largest absolute Gasteiger partial charge is 0.459 e. The summed E-state index contributed by atoms with van der Waals surface area (Å²) >= 11 is 0. The van der Waals surface area contributed by atoms with Gasteiger partial charge in [0.2, 0.25) is 0 Å². The Morgan fingerprint density at radius 2 is 1.84 bits per heavy atom. The number of esters is 1. The number of nitrogens with zero attached hydrogens (tertiary/aromatic N) is 4. The third-order valence-corrected chi connectivity index (χ3v) is 5.25. The van der Waals surface area contributed by atoms with E-state index in [0.717, 1.165) is 0 Å². The maximum atomic E-state index is 13.3. The Hall–Kier alpha value is -3.56. The zero-order valence-corrected chi connectivity index (χ0v) is 17.5. The Bertz CT molecular complexity index is 959. The molecule has 2 heterocycles. The number of amides is 2. The van der Waals surface area contributed by atoms with Gasteiger partial charge in [0.15, 0.2) is 5.78 Å². The highest BCUT2D eigenvalue weighted by Crippen LogP contribution is 2.26. The van der Waals surface area contributed by atoms with Crippen molar-refractivity contribution in [3.8, 4) is 5.69 Å². The highest BCUT2D eigenvalue weighted by atomic mass is 16.5. The van der Waals surface area contributed by atoms with E-state index < -0.39 is 17.8 Å². The van der Waals surface area contributed by atoms with Crippen LogP contribution in [0.15, 0.2) is 36.7 Å². The molecule has 0 saturated carbocycles. The van der Waals surface area contributed by atoms with Crippen LogP contribution in [0.5, 0.6) is 0 Å². The van der Waals surface area contributed by atoms with Crippen LogP contribution in [0.3, 0.4) is 0 Å². The van der Waals surface area contributed by atoms with Gasteiger partial charge in [0, 0.05) is 18.5 Å². The number of para-hydroxylation sites is 1. The van der Waals surface area contributed by atoms with Crippen molar-refractivity contribution in [1.29, 1.82) is 0 Å². The van der Waals surface area contributed by atoms with Gasteiger partial charge in [-0.15, -0.1) is 0 Å². The first-order valence-electron chi connectivity index (χ1n) is 10.2. The summed E-state index contributed by atoms with van der Waals surface area (Å²) in [7, 11) is 0. The van der Waals surface area contributed by atoms with Crippen molar-refractivity contribution in [3.63, 3.8) is 0 Å². The number of likely N-dealkylation sites (tertiary alicyclic amines) is 1. The number of carbonyl (C=O) groups excluding carboxylic acids is 4. The predicted octanol–water partition coefficient (Wildman–Crippen LogP) is 0.756. The number of hydrogen-bond acceptors (Lipinski definition) is 7. The number of ketones is 1. The van der Waals surface area contributed by atoms with Crippen molar-refractivity contribution in [2.45, 2.75) is 32.7 Å². The minimum Gasteiger partial charge on any atom is -0.459 e. The van der Waals surface area contributed by atoms with Gasteiger partial charge in [-0.3, -0.25) is 14.4 Å². The van der Waals surface area contributed by atoms with E-state index in [1.165, 1.54) is 17.2 Å². The van der Waals surface area contributed by atoms with Gasteiger partial charge in [0.1, 0.15) is 0 Å². The Balaban J connectivity index is 1.69. The molecule has 1 N–H and O–H groups in total. The lowest BCUT2D eigenvalue weighted by molar-refractivity contribution is -0.154. The van der Waals surface area contributed by atoms with Gasteiger partial charge < -0.3 is 15.0 Å². The van der Waals surface area contributed by atoms with E-state index in [1.54, 1.807) is 36.1 Å². The van der Waals surface area contributed by atoms with Crippen molar-refractivity contribution in [2.24, 2.45) is 5.92 Å². The molecule has 0 radical (unpaired) electrons. The van der Waals surface area contributed by atoms with E-state index in [0.29, 0.717) is 24.1 Å². The molecule has 10 nitrogen and oxygen atoms in total. The Morgan fingerprint density at radius 3 is 2.55 bits per heavy atom. The second kappa shape index (κ2) is 9.96. The number of benzene rings is 1. The first-order chi connectivity index (χ1) is 14.9. The second-order valence-electron chi connectivity index (χ2n) is 7.29. The molecule has 2 unspecified atom stereocenters. The Morgan fingerprint density at radius 1 is 1.13 bits per heavy atom. The summed E-state index contributed by atoms with van der Waals surface area (Å²) in [5.41, 5.74) is 0.995. The van der Waals surface area contributed by atoms with Crippen molar-refractivity contribution in [2.75, 3.05) is 19.7 Å². The number of hydrogen-bond donors (Lipinski definition) is 1. The van der Waals surface area contributed by atoms with Gasteiger partial charge in [-0.05, 0) is 38.8 Å². The fraction of sp³-hybridized carbons (Fsp3) is 0.429. The summed E-state index contributed by atoms with van der Waals surface area (Å²) in [5, 5.41) is 10.5. The summed E-state index contributed by atoms with van der Waals surface area (Å²) in [6.45, 7) is 3.55. The molecular formula is C21H25N5O5. The molecule has 2 atom stereocenters. The lowest BCUT2D eigenvalue weighted by Gasteiger charge is -2.37. The third kappa shape index (κ3) is 5.14. The van der Waals surface area contributed by atoms with Gasteiger partial charge in [-0.2, -0.15) is 15.0 Å². The number of aromatic nitrogens is 3. The Kier molecular flexibility index (Phi) is 7.11. The molecule has 2 amide bonds. The van der Waals surface area contributed by atoms with Gasteiger partial charge in [0.25, 0.3) is 5.91 Å². The standard InChI is InChI=1S/C21H25N5O5/c1-3-31-21(30)19(28)22-12-18(27)15-9-8-14(2)25(13-15)20(29)16-6-4-5-7-17(16)26-23-10-11-24-26/h4-7,10-11,14-15H,3,8-9,12-13H2,1-2H3,(H,22,28). The first kappa shape index (κ1) is 22.1. The van der Waals surface area contributed by atoms with Gasteiger partial charge in [-0.1, -0.05) is 12.1 Å². The van der Waals surface area contributed by atoms with Crippen molar-refractivity contribution >= 4 is 23.6 Å². The lowest BCUT2D eigenvalue weighted by Crippen LogP contribution is -2.49. The molecule has 1 aromatic carbocycles. The molecule has 1 aliphatic heterocycles. The van der Waals surface area contributed by atoms with Crippen LogP contribution in [0.25, 0.3) is 5.69 Å². The van der Waals surface area contributed by atoms with Gasteiger partial charge >= 0.3 is 11.9 Å². The summed E-state index contributed by atoms with van der Waals surface area (Å²) in [6.07, 6.45) is 4.31. The normalized spacial score (nSPS) is 18.3. The van der Waals surface area contributed by atoms with E-state index in [4.69, 9.17) is 0 Å². The summed E-state index contributed by atoms with van der Waals surface area (Å²) in [4.78, 5) is 52.1. The summed E-state index contributed by atoms with van der Waals surface area (Å²) < 4.78 is 4.61. The maximum Gasteiger partial charge on any atom is 0.396 e. The molecule has 0 spiro atoms. The first-order valence-corrected chi connectivity index (χ1v) is 10.2. The lowest BCUT2D eigenvalue weighted by atomic mass is 9.89. The number of carbonyl (C=O) groups is 4. The van der Waals surface area contributed by atoms with Crippen molar-refractivity contribution in [1.82, 2.24) is 25.2 Å². The molecule has 1 aromatic heterocycles. The molecule has 1 aliphatic rings. The van der Waals surface area contributed by atoms with E-state index in [9.17, 15) is 19.2 Å². The van der Waals surface area contributed by atoms with Crippen molar-refractivity contribution in [3.05, 3.63) is 42.2 Å². The molecule has 1 saturated heterocycles. The second-order valence-corrected chi connectivity index (χ2v) is 7.29. The highest BCUT2D eigenvalue weighted by Gasteiger charge is 2.34. The molecule has 0 bridgehead atoms. The van der Waals surface area contributed by atoms with Gasteiger partial charge in [-0.25, -0.2) is 4.79 Å². The molecule has 164 valence electrons. The van der Waals surface area contributed by atoms with E-state index in [2.05, 4.69) is 20.3 Å². The molecule has 0 aliphatic carbocycles. The number of nitrogens with one attached hydrogen (secondary N) is 1. The Labute approximate surface area is 179 Å². The zero-order chi connectivity index (χ0) is 22.4. The highest BCUT2D eigenvalue weighted by molar-refractivity contribution is 6.32. The fourth-order valence-electron chi connectivity index (χ4n) is 3.56. The van der Waals surface area contributed by atoms with Crippen LogP contribution >= 0.6 is 0 Å². The average Bonchev–Trinajstić information content (AvgIpc) is 3.32. The zero-order valence-electron chi connectivity index (χ0n) is 17.5. The van der Waals surface area contributed by atoms with Crippen LogP contribution in [0.2, 0.25) is 0 Å². The van der Waals surface area contributed by atoms with Crippen LogP contribution < -0.4 is 5.32 Å². The van der Waals surface area contributed by atoms with Crippen molar-refractivity contribution < 1.29 is 23.9 Å². The molecule has 31 heavy (non-hydrogen) atoms. The monoisotopic (exact) mass is 427 g/mol.